The number of likely N-dealkylation sites (tertiary alicyclic amines) is 1. The third-order valence-electron chi connectivity index (χ3n) is 4.09. The van der Waals surface area contributed by atoms with Gasteiger partial charge in [0.05, 0.1) is 5.02 Å². The van der Waals surface area contributed by atoms with E-state index in [1.54, 1.807) is 12.1 Å². The van der Waals surface area contributed by atoms with E-state index in [0.29, 0.717) is 6.04 Å². The van der Waals surface area contributed by atoms with Crippen LogP contribution in [0.1, 0.15) is 31.2 Å². The molecule has 2 fully saturated rings. The molecule has 4 heteroatoms. The third kappa shape index (κ3) is 3.47. The largest absolute Gasteiger partial charge is 0.312 e. The summed E-state index contributed by atoms with van der Waals surface area (Å²) in [7, 11) is 0. The van der Waals surface area contributed by atoms with Crippen LogP contribution in [-0.2, 0) is 6.54 Å². The van der Waals surface area contributed by atoms with Crippen molar-refractivity contribution < 1.29 is 4.39 Å². The Balaban J connectivity index is 1.58. The van der Waals surface area contributed by atoms with Gasteiger partial charge in [-0.15, -0.1) is 0 Å². The van der Waals surface area contributed by atoms with Crippen molar-refractivity contribution in [3.05, 3.63) is 34.6 Å². The Morgan fingerprint density at radius 1 is 1.32 bits per heavy atom. The van der Waals surface area contributed by atoms with Crippen LogP contribution in [0.3, 0.4) is 0 Å². The highest BCUT2D eigenvalue weighted by Gasteiger charge is 2.27. The van der Waals surface area contributed by atoms with E-state index in [1.165, 1.54) is 25.7 Å². The minimum absolute atomic E-state index is 0.206. The average Bonchev–Trinajstić information content (AvgIpc) is 3.12. The molecule has 0 bridgehead atoms. The molecule has 1 aliphatic carbocycles. The lowest BCUT2D eigenvalue weighted by Crippen LogP contribution is -2.38. The lowest BCUT2D eigenvalue weighted by Gasteiger charge is -2.25. The van der Waals surface area contributed by atoms with E-state index in [9.17, 15) is 4.39 Å². The highest BCUT2D eigenvalue weighted by molar-refractivity contribution is 6.30. The van der Waals surface area contributed by atoms with Gasteiger partial charge in [-0.05, 0) is 49.9 Å². The molecule has 3 rings (SSSR count). The summed E-state index contributed by atoms with van der Waals surface area (Å²) in [6, 6.07) is 6.50. The molecule has 2 nitrogen and oxygen atoms in total. The Hall–Kier alpha value is -0.640. The molecule has 104 valence electrons. The fraction of sp³-hybridized carbons (Fsp3) is 0.600. The first-order chi connectivity index (χ1) is 9.22. The summed E-state index contributed by atoms with van der Waals surface area (Å²) in [6.45, 7) is 3.01. The van der Waals surface area contributed by atoms with Gasteiger partial charge in [0, 0.05) is 25.2 Å². The molecule has 1 unspecified atom stereocenters. The summed E-state index contributed by atoms with van der Waals surface area (Å²) < 4.78 is 13.4. The maximum absolute atomic E-state index is 13.4. The number of hydrogen-bond donors (Lipinski definition) is 1. The standard InChI is InChI=1S/C15H20ClFN2/c16-14-6-3-11(8-15(14)17)10-19-7-1-2-13(19)9-18-12-4-5-12/h3,6,8,12-13,18H,1-2,4-5,7,9-10H2. The first-order valence-corrected chi connectivity index (χ1v) is 7.51. The minimum Gasteiger partial charge on any atom is -0.312 e. The van der Waals surface area contributed by atoms with Crippen molar-refractivity contribution in [3.63, 3.8) is 0 Å². The van der Waals surface area contributed by atoms with Crippen LogP contribution in [0, 0.1) is 5.82 Å². The van der Waals surface area contributed by atoms with Crippen LogP contribution in [0.4, 0.5) is 4.39 Å². The normalized spacial score (nSPS) is 24.0. The molecule has 1 N–H and O–H groups in total. The van der Waals surface area contributed by atoms with Crippen molar-refractivity contribution in [3.8, 4) is 0 Å². The minimum atomic E-state index is -0.314. The lowest BCUT2D eigenvalue weighted by atomic mass is 10.1. The Morgan fingerprint density at radius 2 is 2.16 bits per heavy atom. The van der Waals surface area contributed by atoms with Gasteiger partial charge in [-0.25, -0.2) is 4.39 Å². The lowest BCUT2D eigenvalue weighted by molar-refractivity contribution is 0.238. The van der Waals surface area contributed by atoms with Gasteiger partial charge in [-0.3, -0.25) is 4.90 Å². The van der Waals surface area contributed by atoms with Crippen LogP contribution < -0.4 is 5.32 Å². The van der Waals surface area contributed by atoms with Crippen LogP contribution in [0.25, 0.3) is 0 Å². The summed E-state index contributed by atoms with van der Waals surface area (Å²) in [6.07, 6.45) is 5.15. The Labute approximate surface area is 118 Å². The first kappa shape index (κ1) is 13.3. The maximum Gasteiger partial charge on any atom is 0.142 e. The van der Waals surface area contributed by atoms with Gasteiger partial charge in [0.15, 0.2) is 0 Å². The highest BCUT2D eigenvalue weighted by atomic mass is 35.5. The quantitative estimate of drug-likeness (QED) is 0.892. The number of halogens is 2. The van der Waals surface area contributed by atoms with Gasteiger partial charge in [0.1, 0.15) is 5.82 Å². The summed E-state index contributed by atoms with van der Waals surface area (Å²) >= 11 is 5.72. The Bertz CT molecular complexity index is 448. The SMILES string of the molecule is Fc1cc(CN2CCCC2CNC2CC2)ccc1Cl. The van der Waals surface area contributed by atoms with Crippen LogP contribution in [0.15, 0.2) is 18.2 Å². The maximum atomic E-state index is 13.4. The summed E-state index contributed by atoms with van der Waals surface area (Å²) in [4.78, 5) is 2.46. The molecule has 1 aromatic carbocycles. The van der Waals surface area contributed by atoms with Crippen molar-refractivity contribution in [1.29, 1.82) is 0 Å². The van der Waals surface area contributed by atoms with Crippen LogP contribution >= 0.6 is 11.6 Å². The van der Waals surface area contributed by atoms with Crippen molar-refractivity contribution in [2.45, 2.75) is 44.3 Å². The fourth-order valence-electron chi connectivity index (χ4n) is 2.80. The summed E-state index contributed by atoms with van der Waals surface area (Å²) in [5.74, 6) is -0.314. The molecule has 2 aliphatic rings. The van der Waals surface area contributed by atoms with Crippen LogP contribution in [-0.4, -0.2) is 30.1 Å². The summed E-state index contributed by atoms with van der Waals surface area (Å²) in [5.41, 5.74) is 1.01. The number of nitrogens with zero attached hydrogens (tertiary/aromatic N) is 1. The van der Waals surface area contributed by atoms with E-state index in [4.69, 9.17) is 11.6 Å². The van der Waals surface area contributed by atoms with Gasteiger partial charge in [-0.1, -0.05) is 17.7 Å². The predicted octanol–water partition coefficient (Wildman–Crippen LogP) is 3.20. The molecular formula is C15H20ClFN2. The van der Waals surface area contributed by atoms with Crippen LogP contribution in [0.5, 0.6) is 0 Å². The molecule has 1 saturated heterocycles. The zero-order chi connectivity index (χ0) is 13.2. The van der Waals surface area contributed by atoms with Gasteiger partial charge in [0.2, 0.25) is 0 Å². The highest BCUT2D eigenvalue weighted by Crippen LogP contribution is 2.24. The molecule has 0 amide bonds. The van der Waals surface area contributed by atoms with Crippen LogP contribution in [0.2, 0.25) is 5.02 Å². The molecule has 19 heavy (non-hydrogen) atoms. The molecule has 1 heterocycles. The van der Waals surface area contributed by atoms with Crippen molar-refractivity contribution in [2.75, 3.05) is 13.1 Å². The van der Waals surface area contributed by atoms with Gasteiger partial charge in [-0.2, -0.15) is 0 Å². The number of nitrogens with one attached hydrogen (secondary N) is 1. The van der Waals surface area contributed by atoms with E-state index in [-0.39, 0.29) is 10.8 Å². The molecule has 0 aromatic heterocycles. The van der Waals surface area contributed by atoms with E-state index in [2.05, 4.69) is 10.2 Å². The van der Waals surface area contributed by atoms with Gasteiger partial charge in [0.25, 0.3) is 0 Å². The zero-order valence-electron chi connectivity index (χ0n) is 11.0. The van der Waals surface area contributed by atoms with E-state index in [0.717, 1.165) is 31.2 Å². The second-order valence-corrected chi connectivity index (χ2v) is 6.10. The molecule has 1 aliphatic heterocycles. The molecule has 0 radical (unpaired) electrons. The van der Waals surface area contributed by atoms with Crippen molar-refractivity contribution >= 4 is 11.6 Å². The zero-order valence-corrected chi connectivity index (χ0v) is 11.8. The van der Waals surface area contributed by atoms with Crippen molar-refractivity contribution in [1.82, 2.24) is 10.2 Å². The average molecular weight is 283 g/mol. The second kappa shape index (κ2) is 5.78. The number of hydrogen-bond acceptors (Lipinski definition) is 2. The first-order valence-electron chi connectivity index (χ1n) is 7.14. The number of rotatable bonds is 5. The molecule has 0 spiro atoms. The van der Waals surface area contributed by atoms with E-state index < -0.39 is 0 Å². The molecular weight excluding hydrogens is 263 g/mol. The fourth-order valence-corrected chi connectivity index (χ4v) is 2.91. The predicted molar refractivity (Wildman–Crippen MR) is 75.9 cm³/mol. The summed E-state index contributed by atoms with van der Waals surface area (Å²) in [5, 5.41) is 3.80. The van der Waals surface area contributed by atoms with E-state index in [1.807, 2.05) is 6.07 Å². The monoisotopic (exact) mass is 282 g/mol. The van der Waals surface area contributed by atoms with Gasteiger partial charge >= 0.3 is 0 Å². The Kier molecular flexibility index (Phi) is 4.06. The number of benzene rings is 1. The second-order valence-electron chi connectivity index (χ2n) is 5.70. The third-order valence-corrected chi connectivity index (χ3v) is 4.39. The topological polar surface area (TPSA) is 15.3 Å². The smallest absolute Gasteiger partial charge is 0.142 e. The van der Waals surface area contributed by atoms with Crippen molar-refractivity contribution in [2.24, 2.45) is 0 Å². The molecule has 1 atom stereocenters. The molecule has 1 aromatic rings. The Morgan fingerprint density at radius 3 is 2.89 bits per heavy atom. The van der Waals surface area contributed by atoms with E-state index >= 15 is 0 Å². The molecule has 1 saturated carbocycles. The van der Waals surface area contributed by atoms with Gasteiger partial charge < -0.3 is 5.32 Å².